The van der Waals surface area contributed by atoms with Gasteiger partial charge in [0.2, 0.25) is 0 Å². The van der Waals surface area contributed by atoms with E-state index in [0.29, 0.717) is 12.2 Å². The van der Waals surface area contributed by atoms with Gasteiger partial charge < -0.3 is 9.64 Å². The van der Waals surface area contributed by atoms with E-state index >= 15 is 0 Å². The fraction of sp³-hybridized carbons (Fsp3) is 0.308. The molecule has 2 rings (SSSR count). The highest BCUT2D eigenvalue weighted by atomic mass is 16.5. The van der Waals surface area contributed by atoms with E-state index in [0.717, 1.165) is 30.1 Å². The Kier molecular flexibility index (Phi) is 3.53. The Morgan fingerprint density at radius 1 is 1.61 bits per heavy atom. The Morgan fingerprint density at radius 2 is 2.39 bits per heavy atom. The third kappa shape index (κ3) is 2.46. The number of benzene rings is 1. The molecule has 1 amide bonds. The predicted octanol–water partition coefficient (Wildman–Crippen LogP) is 1.58. The molecule has 5 heteroatoms. The lowest BCUT2D eigenvalue weighted by atomic mass is 10.1. The predicted molar refractivity (Wildman–Crippen MR) is 68.2 cm³/mol. The molecule has 0 aliphatic carbocycles. The second kappa shape index (κ2) is 5.10. The summed E-state index contributed by atoms with van der Waals surface area (Å²) in [6.07, 6.45) is 0. The third-order valence-corrected chi connectivity index (χ3v) is 2.74. The molecule has 0 fully saturated rings. The van der Waals surface area contributed by atoms with Crippen molar-refractivity contribution in [2.24, 2.45) is 0 Å². The molecular weight excluding hydrogens is 232 g/mol. The lowest BCUT2D eigenvalue weighted by molar-refractivity contribution is 0.0706. The van der Waals surface area contributed by atoms with Crippen LogP contribution in [0.15, 0.2) is 30.4 Å². The Labute approximate surface area is 106 Å². The second-order valence-corrected chi connectivity index (χ2v) is 4.35. The van der Waals surface area contributed by atoms with Crippen LogP contribution in [0.1, 0.15) is 17.3 Å². The Morgan fingerprint density at radius 3 is 3.06 bits per heavy atom. The van der Waals surface area contributed by atoms with Gasteiger partial charge in [-0.25, -0.2) is 5.48 Å². The molecule has 1 heterocycles. The van der Waals surface area contributed by atoms with Gasteiger partial charge >= 0.3 is 0 Å². The van der Waals surface area contributed by atoms with Gasteiger partial charge in [-0.2, -0.15) is 0 Å². The average molecular weight is 248 g/mol. The molecule has 1 aromatic carbocycles. The second-order valence-electron chi connectivity index (χ2n) is 4.35. The van der Waals surface area contributed by atoms with Crippen molar-refractivity contribution in [3.63, 3.8) is 0 Å². The number of amides is 1. The van der Waals surface area contributed by atoms with E-state index in [2.05, 4.69) is 11.5 Å². The van der Waals surface area contributed by atoms with Crippen molar-refractivity contribution in [2.45, 2.75) is 6.92 Å². The molecule has 0 spiro atoms. The number of carbonyl (C=O) groups excluding carboxylic acids is 1. The smallest absolute Gasteiger partial charge is 0.274 e. The zero-order chi connectivity index (χ0) is 13.1. The fourth-order valence-electron chi connectivity index (χ4n) is 1.97. The molecule has 1 aliphatic rings. The highest BCUT2D eigenvalue weighted by Gasteiger charge is 2.19. The number of anilines is 1. The van der Waals surface area contributed by atoms with Crippen LogP contribution in [0.3, 0.4) is 0 Å². The van der Waals surface area contributed by atoms with Crippen LogP contribution in [-0.2, 0) is 0 Å². The van der Waals surface area contributed by atoms with E-state index < -0.39 is 5.91 Å². The molecule has 0 atom stereocenters. The molecule has 0 saturated heterocycles. The molecule has 0 radical (unpaired) electrons. The normalized spacial score (nSPS) is 13.6. The van der Waals surface area contributed by atoms with E-state index in [1.807, 2.05) is 6.92 Å². The van der Waals surface area contributed by atoms with Crippen LogP contribution in [0, 0.1) is 0 Å². The zero-order valence-corrected chi connectivity index (χ0v) is 10.3. The number of hydroxylamine groups is 1. The van der Waals surface area contributed by atoms with Gasteiger partial charge in [0.05, 0.1) is 12.2 Å². The lowest BCUT2D eigenvalue weighted by Gasteiger charge is -2.31. The summed E-state index contributed by atoms with van der Waals surface area (Å²) in [5.74, 6) is 0.218. The van der Waals surface area contributed by atoms with Gasteiger partial charge in [0, 0.05) is 12.1 Å². The maximum absolute atomic E-state index is 11.4. The zero-order valence-electron chi connectivity index (χ0n) is 10.3. The Hall–Kier alpha value is -2.01. The van der Waals surface area contributed by atoms with Crippen molar-refractivity contribution >= 4 is 11.6 Å². The summed E-state index contributed by atoms with van der Waals surface area (Å²) >= 11 is 0. The molecule has 96 valence electrons. The maximum atomic E-state index is 11.4. The van der Waals surface area contributed by atoms with Gasteiger partial charge in [-0.05, 0) is 25.1 Å². The van der Waals surface area contributed by atoms with Gasteiger partial charge in [-0.15, -0.1) is 0 Å². The summed E-state index contributed by atoms with van der Waals surface area (Å²) in [5.41, 5.74) is 3.92. The number of ether oxygens (including phenoxy) is 1. The summed E-state index contributed by atoms with van der Waals surface area (Å²) in [6, 6.07) is 5.07. The van der Waals surface area contributed by atoms with Crippen molar-refractivity contribution in [3.05, 3.63) is 35.9 Å². The molecule has 0 bridgehead atoms. The number of fused-ring (bicyclic) bond motifs is 1. The van der Waals surface area contributed by atoms with Crippen LogP contribution in [-0.4, -0.2) is 30.8 Å². The van der Waals surface area contributed by atoms with Gasteiger partial charge in [-0.1, -0.05) is 12.2 Å². The molecule has 5 nitrogen and oxygen atoms in total. The van der Waals surface area contributed by atoms with Crippen molar-refractivity contribution < 1.29 is 14.7 Å². The third-order valence-electron chi connectivity index (χ3n) is 2.74. The minimum atomic E-state index is -0.529. The van der Waals surface area contributed by atoms with Crippen molar-refractivity contribution in [1.82, 2.24) is 5.48 Å². The molecule has 0 aromatic heterocycles. The quantitative estimate of drug-likeness (QED) is 0.484. The number of nitrogens with one attached hydrogen (secondary N) is 1. The SMILES string of the molecule is C=C(C)CN1CCOc2ccc(C(=O)NO)cc21. The first kappa shape index (κ1) is 12.4. The topological polar surface area (TPSA) is 61.8 Å². The number of hydrogen-bond acceptors (Lipinski definition) is 4. The minimum absolute atomic E-state index is 0.397. The van der Waals surface area contributed by atoms with Crippen molar-refractivity contribution in [2.75, 3.05) is 24.6 Å². The van der Waals surface area contributed by atoms with Crippen LogP contribution < -0.4 is 15.1 Å². The summed E-state index contributed by atoms with van der Waals surface area (Å²) in [6.45, 7) is 7.95. The molecule has 1 aliphatic heterocycles. The molecular formula is C13H16N2O3. The Balaban J connectivity index is 2.34. The van der Waals surface area contributed by atoms with Gasteiger partial charge in [0.15, 0.2) is 0 Å². The van der Waals surface area contributed by atoms with Crippen LogP contribution in [0.5, 0.6) is 5.75 Å². The summed E-state index contributed by atoms with van der Waals surface area (Å²) < 4.78 is 5.54. The minimum Gasteiger partial charge on any atom is -0.490 e. The van der Waals surface area contributed by atoms with E-state index in [1.54, 1.807) is 23.7 Å². The first-order valence-corrected chi connectivity index (χ1v) is 5.72. The summed E-state index contributed by atoms with van der Waals surface area (Å²) in [7, 11) is 0. The highest BCUT2D eigenvalue weighted by Crippen LogP contribution is 2.32. The van der Waals surface area contributed by atoms with E-state index in [9.17, 15) is 4.79 Å². The van der Waals surface area contributed by atoms with Crippen LogP contribution in [0.25, 0.3) is 0 Å². The van der Waals surface area contributed by atoms with Crippen LogP contribution in [0.4, 0.5) is 5.69 Å². The summed E-state index contributed by atoms with van der Waals surface area (Å²) in [4.78, 5) is 13.5. The number of hydrogen-bond donors (Lipinski definition) is 2. The molecule has 0 unspecified atom stereocenters. The molecule has 1 aromatic rings. The molecule has 2 N–H and O–H groups in total. The van der Waals surface area contributed by atoms with Crippen LogP contribution >= 0.6 is 0 Å². The lowest BCUT2D eigenvalue weighted by Crippen LogP contribution is -2.34. The van der Waals surface area contributed by atoms with Gasteiger partial charge in [0.1, 0.15) is 12.4 Å². The average Bonchev–Trinajstić information content (AvgIpc) is 2.37. The summed E-state index contributed by atoms with van der Waals surface area (Å²) in [5, 5.41) is 8.65. The highest BCUT2D eigenvalue weighted by molar-refractivity contribution is 5.95. The van der Waals surface area contributed by atoms with E-state index in [4.69, 9.17) is 9.94 Å². The molecule has 18 heavy (non-hydrogen) atoms. The first-order valence-electron chi connectivity index (χ1n) is 5.72. The fourth-order valence-corrected chi connectivity index (χ4v) is 1.97. The van der Waals surface area contributed by atoms with Crippen molar-refractivity contribution in [1.29, 1.82) is 0 Å². The maximum Gasteiger partial charge on any atom is 0.274 e. The van der Waals surface area contributed by atoms with Gasteiger partial charge in [0.25, 0.3) is 5.91 Å². The Bertz CT molecular complexity index is 485. The molecule has 0 saturated carbocycles. The largest absolute Gasteiger partial charge is 0.490 e. The standard InChI is InChI=1S/C13H16N2O3/c1-9(2)8-15-5-6-18-12-4-3-10(7-11(12)15)13(16)14-17/h3-4,7,17H,1,5-6,8H2,2H3,(H,14,16). The number of rotatable bonds is 3. The van der Waals surface area contributed by atoms with Crippen LogP contribution in [0.2, 0.25) is 0 Å². The van der Waals surface area contributed by atoms with Gasteiger partial charge in [-0.3, -0.25) is 10.0 Å². The van der Waals surface area contributed by atoms with E-state index in [-0.39, 0.29) is 0 Å². The first-order chi connectivity index (χ1) is 8.61. The van der Waals surface area contributed by atoms with Crippen molar-refractivity contribution in [3.8, 4) is 5.75 Å². The van der Waals surface area contributed by atoms with E-state index in [1.165, 1.54) is 0 Å². The monoisotopic (exact) mass is 248 g/mol. The number of carbonyl (C=O) groups is 1. The number of nitrogens with zero attached hydrogens (tertiary/aromatic N) is 1.